The highest BCUT2D eigenvalue weighted by Crippen LogP contribution is 2.30. The van der Waals surface area contributed by atoms with Gasteiger partial charge in [0.2, 0.25) is 41.4 Å². The third kappa shape index (κ3) is 22.5. The van der Waals surface area contributed by atoms with E-state index in [-0.39, 0.29) is 74.9 Å². The van der Waals surface area contributed by atoms with Crippen molar-refractivity contribution in [1.82, 2.24) is 46.2 Å². The van der Waals surface area contributed by atoms with Gasteiger partial charge < -0.3 is 66.8 Å². The lowest BCUT2D eigenvalue weighted by Crippen LogP contribution is -2.60. The van der Waals surface area contributed by atoms with Crippen LogP contribution in [0.3, 0.4) is 0 Å². The predicted octanol–water partition coefficient (Wildman–Crippen LogP) is 2.51. The molecule has 9 N–H and O–H groups in total. The van der Waals surface area contributed by atoms with Gasteiger partial charge in [-0.3, -0.25) is 53.0 Å². The number of urea groups is 1. The number of nitrogens with two attached hydrogens (primary N) is 1. The topological polar surface area (TPSA) is 347 Å². The molecule has 1 fully saturated rings. The number of aliphatic hydroxyl groups is 1. The Morgan fingerprint density at radius 2 is 1.44 bits per heavy atom. The molecule has 3 rings (SSSR count). The minimum Gasteiger partial charge on any atom is -0.445 e. The third-order valence-electron chi connectivity index (χ3n) is 15.8. The summed E-state index contributed by atoms with van der Waals surface area (Å²) in [6.45, 7) is 14.6. The molecule has 0 aromatic heterocycles. The molecule has 1 aromatic carbocycles. The zero-order valence-electron chi connectivity index (χ0n) is 52.2. The van der Waals surface area contributed by atoms with Crippen LogP contribution in [0.4, 0.5) is 15.3 Å². The van der Waals surface area contributed by atoms with Crippen molar-refractivity contribution in [1.29, 1.82) is 0 Å². The van der Waals surface area contributed by atoms with Gasteiger partial charge in [0, 0.05) is 72.2 Å². The molecule has 2 aliphatic rings. The van der Waals surface area contributed by atoms with E-state index < -0.39 is 120 Å². The van der Waals surface area contributed by atoms with Crippen molar-refractivity contribution < 1.29 is 72.1 Å². The highest BCUT2D eigenvalue weighted by atomic mass is 31.0. The van der Waals surface area contributed by atoms with Crippen molar-refractivity contribution in [2.24, 2.45) is 29.4 Å². The number of likely N-dealkylation sites (N-methyl/N-ethyl adjacent to an activating group) is 2. The summed E-state index contributed by atoms with van der Waals surface area (Å²) in [4.78, 5) is 149. The number of methoxy groups -OCH3 is 2. The molecule has 0 bridgehead atoms. The van der Waals surface area contributed by atoms with E-state index in [0.717, 1.165) is 4.90 Å². The van der Waals surface area contributed by atoms with E-state index >= 15 is 0 Å². The van der Waals surface area contributed by atoms with Gasteiger partial charge in [-0.2, -0.15) is 0 Å². The smallest absolute Gasteiger partial charge is 0.410 e. The second kappa shape index (κ2) is 36.4. The van der Waals surface area contributed by atoms with E-state index in [1.54, 1.807) is 82.7 Å². The van der Waals surface area contributed by atoms with Crippen LogP contribution < -0.4 is 37.6 Å². The van der Waals surface area contributed by atoms with Crippen LogP contribution >= 0.6 is 9.24 Å². The van der Waals surface area contributed by atoms with Gasteiger partial charge in [-0.15, -0.1) is 9.24 Å². The first-order chi connectivity index (χ1) is 40.6. The van der Waals surface area contributed by atoms with Gasteiger partial charge in [0.05, 0.1) is 55.1 Å². The fourth-order valence-corrected chi connectivity index (χ4v) is 10.7. The second-order valence-corrected chi connectivity index (χ2v) is 23.6. The predicted molar refractivity (Wildman–Crippen MR) is 324 cm³/mol. The molecule has 12 atom stereocenters. The summed E-state index contributed by atoms with van der Waals surface area (Å²) in [6.07, 6.45) is 4.02. The zero-order valence-corrected chi connectivity index (χ0v) is 53.3. The van der Waals surface area contributed by atoms with Crippen molar-refractivity contribution in [2.45, 2.75) is 181 Å². The van der Waals surface area contributed by atoms with E-state index in [2.05, 4.69) is 41.1 Å². The third-order valence-corrected chi connectivity index (χ3v) is 16.4. The molecule has 0 saturated carbocycles. The highest BCUT2D eigenvalue weighted by molar-refractivity contribution is 7.17. The highest BCUT2D eigenvalue weighted by Gasteiger charge is 2.44. The van der Waals surface area contributed by atoms with E-state index in [0.29, 0.717) is 56.3 Å². The van der Waals surface area contributed by atoms with Gasteiger partial charge in [-0.1, -0.05) is 73.4 Å². The van der Waals surface area contributed by atoms with Crippen molar-refractivity contribution in [2.75, 3.05) is 59.8 Å². The number of anilines is 1. The molecule has 1 saturated heterocycles. The van der Waals surface area contributed by atoms with E-state index in [9.17, 15) is 57.8 Å². The Kier molecular flexibility index (Phi) is 31.1. The number of hydrogen-bond donors (Lipinski definition) is 8. The maximum Gasteiger partial charge on any atom is 0.410 e. The number of unbranched alkanes of at least 4 members (excludes halogenated alkanes) is 2. The molecule has 1 aromatic rings. The number of primary amides is 1. The summed E-state index contributed by atoms with van der Waals surface area (Å²) in [5, 5.41) is 26.0. The summed E-state index contributed by atoms with van der Waals surface area (Å²) >= 11 is 0. The average molecular weight is 1230 g/mol. The Hall–Kier alpha value is -6.76. The van der Waals surface area contributed by atoms with Crippen molar-refractivity contribution in [3.05, 3.63) is 42.0 Å². The fraction of sp³-hybridized carbons (Fsp3) is 0.678. The lowest BCUT2D eigenvalue weighted by atomic mass is 9.89. The average Bonchev–Trinajstić information content (AvgIpc) is 2.13. The molecule has 86 heavy (non-hydrogen) atoms. The first-order valence-electron chi connectivity index (χ1n) is 29.7. The minimum atomic E-state index is -1.08. The standard InChI is InChI=1S/C59H96N11O15P/c1-13-36(6)51(43(83-11)31-48(75)69-30-18-20-42(69)52(84-12)37(7)53(76)63-38(8)57(80)86)67(9)56(79)49(34(2)3)66-55(78)50(35(4)5)68(10)59(82)85-33-39-22-24-40(25-23-39)64-54(77)41(19-17-28-61-58(60)81)65-45(72)32-62-44(71)21-15-14-16-29-70-46(73)26-27-47(70)74/h22-27,34-38,41-43,49-52,57,80H,13-21,28-33,86H2,1-12H3,(H,62,71)(H,63,76)(H,64,77)(H,65,72)(H,66,78)(H3,60,61,81)/t36-,37+,38+,41-,42-,43+,49-,50?,51-,52+,57-/m0/s1. The van der Waals surface area contributed by atoms with Gasteiger partial charge in [-0.05, 0) is 80.9 Å². The second-order valence-electron chi connectivity index (χ2n) is 23.0. The molecular formula is C59H96N11O15P. The monoisotopic (exact) mass is 1230 g/mol. The Morgan fingerprint density at radius 1 is 0.791 bits per heavy atom. The number of aliphatic hydroxyl groups excluding tert-OH is 1. The molecule has 2 unspecified atom stereocenters. The lowest BCUT2D eigenvalue weighted by Gasteiger charge is -2.41. The number of hydrogen-bond acceptors (Lipinski definition) is 15. The first-order valence-corrected chi connectivity index (χ1v) is 30.3. The van der Waals surface area contributed by atoms with Crippen LogP contribution in [-0.2, 0) is 64.0 Å². The van der Waals surface area contributed by atoms with Crippen molar-refractivity contribution >= 4 is 80.2 Å². The molecule has 12 amide bonds. The number of nitrogens with zero attached hydrogens (tertiary/aromatic N) is 4. The van der Waals surface area contributed by atoms with Crippen molar-refractivity contribution in [3.63, 3.8) is 0 Å². The van der Waals surface area contributed by atoms with Gasteiger partial charge in [-0.25, -0.2) is 9.59 Å². The summed E-state index contributed by atoms with van der Waals surface area (Å²) in [5.74, 6) is -6.45. The molecular weight excluding hydrogens is 1130 g/mol. The Balaban J connectivity index is 1.63. The Labute approximate surface area is 508 Å². The quantitative estimate of drug-likeness (QED) is 0.0272. The molecule has 27 heteroatoms. The normalized spacial score (nSPS) is 17.5. The SMILES string of the molecule is CC[C@H](C)[C@@H]([C@@H](CC(=O)N1CCC[C@H]1[C@H](OC)[C@@H](C)C(=O)N[C@H](C)[C@@H](O)P)OC)N(C)C(=O)[C@@H](NC(=O)C(C(C)C)N(C)C(=O)OCc1ccc(NC(=O)[C@H](CCCNC(N)=O)NC(=O)CNC(=O)CCCCCN2C(=O)C=CC2=O)cc1)C(C)C. The number of rotatable bonds is 36. The largest absolute Gasteiger partial charge is 0.445 e. The number of ether oxygens (including phenoxy) is 3. The van der Waals surface area contributed by atoms with Crippen LogP contribution in [0.15, 0.2) is 36.4 Å². The number of likely N-dealkylation sites (tertiary alicyclic amines) is 1. The summed E-state index contributed by atoms with van der Waals surface area (Å²) < 4.78 is 17.6. The molecule has 482 valence electrons. The molecule has 2 aliphatic heterocycles. The van der Waals surface area contributed by atoms with Crippen LogP contribution in [0.25, 0.3) is 0 Å². The lowest BCUT2D eigenvalue weighted by molar-refractivity contribution is -0.148. The number of amides is 12. The van der Waals surface area contributed by atoms with Gasteiger partial charge >= 0.3 is 12.1 Å². The molecule has 0 radical (unpaired) electrons. The molecule has 0 aliphatic carbocycles. The van der Waals surface area contributed by atoms with E-state index in [1.165, 1.54) is 38.3 Å². The van der Waals surface area contributed by atoms with Crippen LogP contribution in [0, 0.1) is 23.7 Å². The number of carbonyl (C=O) groups excluding carboxylic acids is 11. The maximum atomic E-state index is 14.7. The zero-order chi connectivity index (χ0) is 64.5. The number of imide groups is 1. The van der Waals surface area contributed by atoms with Crippen LogP contribution in [-0.4, -0.2) is 199 Å². The maximum absolute atomic E-state index is 14.7. The van der Waals surface area contributed by atoms with Gasteiger partial charge in [0.25, 0.3) is 11.8 Å². The summed E-state index contributed by atoms with van der Waals surface area (Å²) in [5.41, 5.74) is 6.05. The molecule has 0 spiro atoms. The Morgan fingerprint density at radius 3 is 2.01 bits per heavy atom. The van der Waals surface area contributed by atoms with Crippen LogP contribution in [0.5, 0.6) is 0 Å². The van der Waals surface area contributed by atoms with E-state index in [4.69, 9.17) is 19.9 Å². The molecule has 26 nitrogen and oxygen atoms in total. The van der Waals surface area contributed by atoms with Crippen LogP contribution in [0.1, 0.15) is 125 Å². The van der Waals surface area contributed by atoms with Crippen LogP contribution in [0.2, 0.25) is 0 Å². The van der Waals surface area contributed by atoms with E-state index in [1.807, 2.05) is 13.8 Å². The van der Waals surface area contributed by atoms with Gasteiger partial charge in [0.15, 0.2) is 0 Å². The van der Waals surface area contributed by atoms with Crippen molar-refractivity contribution in [3.8, 4) is 0 Å². The first kappa shape index (κ1) is 73.5. The number of carbonyl (C=O) groups is 11. The fourth-order valence-electron chi connectivity index (χ4n) is 10.6. The number of benzene rings is 1. The Bertz CT molecular complexity index is 2480. The minimum absolute atomic E-state index is 0.0815. The van der Waals surface area contributed by atoms with Gasteiger partial charge in [0.1, 0.15) is 24.7 Å². The number of nitrogens with one attached hydrogen (secondary N) is 6. The summed E-state index contributed by atoms with van der Waals surface area (Å²) in [7, 11) is 8.31. The molecule has 2 heterocycles. The summed E-state index contributed by atoms with van der Waals surface area (Å²) in [6, 6.07) is 0.818.